The van der Waals surface area contributed by atoms with E-state index in [1.54, 1.807) is 19.1 Å². The molecule has 0 saturated heterocycles. The minimum Gasteiger partial charge on any atom is -0.379 e. The topological polar surface area (TPSA) is 12.0 Å². The molecule has 0 aliphatic rings. The van der Waals surface area contributed by atoms with E-state index in [9.17, 15) is 17.6 Å². The lowest BCUT2D eigenvalue weighted by molar-refractivity contribution is -0.138. The summed E-state index contributed by atoms with van der Waals surface area (Å²) in [5, 5.41) is 2.94. The molecule has 0 radical (unpaired) electrons. The Morgan fingerprint density at radius 2 is 1.81 bits per heavy atom. The van der Waals surface area contributed by atoms with Crippen molar-refractivity contribution in [2.24, 2.45) is 0 Å². The van der Waals surface area contributed by atoms with E-state index in [2.05, 4.69) is 21.2 Å². The van der Waals surface area contributed by atoms with Crippen LogP contribution in [0, 0.1) is 5.82 Å². The number of anilines is 1. The van der Waals surface area contributed by atoms with Crippen LogP contribution in [0.2, 0.25) is 0 Å². The third-order valence-corrected chi connectivity index (χ3v) is 3.70. The highest BCUT2D eigenvalue weighted by Gasteiger charge is 2.33. The van der Waals surface area contributed by atoms with E-state index < -0.39 is 11.7 Å². The SMILES string of the molecule is CC(Nc1ccc(Br)c(C(F)(F)F)c1)c1cccc(F)c1. The van der Waals surface area contributed by atoms with Gasteiger partial charge < -0.3 is 5.32 Å². The first kappa shape index (κ1) is 15.8. The standard InChI is InChI=1S/C15H12BrF4N/c1-9(10-3-2-4-11(17)7-10)21-12-5-6-14(16)13(8-12)15(18,19)20/h2-9,21H,1H3. The Morgan fingerprint density at radius 3 is 2.43 bits per heavy atom. The molecule has 0 heterocycles. The van der Waals surface area contributed by atoms with Gasteiger partial charge in [-0.15, -0.1) is 0 Å². The molecule has 0 saturated carbocycles. The minimum absolute atomic E-state index is 0.0149. The van der Waals surface area contributed by atoms with Crippen molar-refractivity contribution >= 4 is 21.6 Å². The quantitative estimate of drug-likeness (QED) is 0.683. The number of nitrogens with one attached hydrogen (secondary N) is 1. The van der Waals surface area contributed by atoms with Crippen molar-refractivity contribution in [3.63, 3.8) is 0 Å². The summed E-state index contributed by atoms with van der Waals surface area (Å²) in [6.07, 6.45) is -4.43. The van der Waals surface area contributed by atoms with E-state index in [4.69, 9.17) is 0 Å². The van der Waals surface area contributed by atoms with Crippen molar-refractivity contribution in [1.82, 2.24) is 0 Å². The van der Waals surface area contributed by atoms with Crippen LogP contribution in [0.1, 0.15) is 24.1 Å². The van der Waals surface area contributed by atoms with Crippen molar-refractivity contribution < 1.29 is 17.6 Å². The second-order valence-electron chi connectivity index (χ2n) is 4.61. The predicted molar refractivity (Wildman–Crippen MR) is 77.6 cm³/mol. The molecule has 112 valence electrons. The van der Waals surface area contributed by atoms with Crippen molar-refractivity contribution in [3.05, 3.63) is 63.9 Å². The van der Waals surface area contributed by atoms with Gasteiger partial charge in [0.1, 0.15) is 5.82 Å². The van der Waals surface area contributed by atoms with Gasteiger partial charge in [0.2, 0.25) is 0 Å². The number of alkyl halides is 3. The number of hydrogen-bond acceptors (Lipinski definition) is 1. The van der Waals surface area contributed by atoms with Gasteiger partial charge in [0, 0.05) is 16.2 Å². The first-order valence-electron chi connectivity index (χ1n) is 6.16. The molecule has 0 aliphatic carbocycles. The fraction of sp³-hybridized carbons (Fsp3) is 0.200. The second-order valence-corrected chi connectivity index (χ2v) is 5.47. The molecule has 2 aromatic rings. The molecule has 0 amide bonds. The van der Waals surface area contributed by atoms with Gasteiger partial charge in [-0.3, -0.25) is 0 Å². The zero-order valence-corrected chi connectivity index (χ0v) is 12.6. The number of halogens is 5. The van der Waals surface area contributed by atoms with Crippen LogP contribution in [0.4, 0.5) is 23.2 Å². The van der Waals surface area contributed by atoms with Crippen LogP contribution in [-0.4, -0.2) is 0 Å². The monoisotopic (exact) mass is 361 g/mol. The maximum atomic E-state index is 13.2. The molecule has 1 unspecified atom stereocenters. The van der Waals surface area contributed by atoms with E-state index in [1.807, 2.05) is 0 Å². The molecule has 0 spiro atoms. The van der Waals surface area contributed by atoms with E-state index in [0.29, 0.717) is 11.3 Å². The lowest BCUT2D eigenvalue weighted by Gasteiger charge is -2.18. The van der Waals surface area contributed by atoms with Crippen molar-refractivity contribution in [3.8, 4) is 0 Å². The van der Waals surface area contributed by atoms with Crippen molar-refractivity contribution in [2.45, 2.75) is 19.1 Å². The fourth-order valence-electron chi connectivity index (χ4n) is 1.94. The Bertz CT molecular complexity index is 640. The summed E-state index contributed by atoms with van der Waals surface area (Å²) in [6, 6.07) is 9.52. The highest BCUT2D eigenvalue weighted by Crippen LogP contribution is 2.36. The third-order valence-electron chi connectivity index (χ3n) is 3.00. The summed E-state index contributed by atoms with van der Waals surface area (Å²) in [7, 11) is 0. The number of benzene rings is 2. The maximum absolute atomic E-state index is 13.2. The van der Waals surface area contributed by atoms with Crippen molar-refractivity contribution in [1.29, 1.82) is 0 Å². The average molecular weight is 362 g/mol. The Labute approximate surface area is 128 Å². The van der Waals surface area contributed by atoms with Gasteiger partial charge in [-0.1, -0.05) is 28.1 Å². The Kier molecular flexibility index (Phi) is 4.56. The molecule has 2 rings (SSSR count). The van der Waals surface area contributed by atoms with E-state index in [1.165, 1.54) is 24.3 Å². The Hall–Kier alpha value is -1.56. The molecular formula is C15H12BrF4N. The normalized spacial score (nSPS) is 13.0. The molecule has 1 atom stereocenters. The maximum Gasteiger partial charge on any atom is 0.417 e. The zero-order valence-electron chi connectivity index (χ0n) is 11.0. The van der Waals surface area contributed by atoms with E-state index in [0.717, 1.165) is 6.07 Å². The molecule has 6 heteroatoms. The second kappa shape index (κ2) is 6.05. The molecule has 0 aliphatic heterocycles. The van der Waals surface area contributed by atoms with Gasteiger partial charge in [0.25, 0.3) is 0 Å². The van der Waals surface area contributed by atoms with Crippen LogP contribution in [0.5, 0.6) is 0 Å². The van der Waals surface area contributed by atoms with Crippen LogP contribution in [0.15, 0.2) is 46.9 Å². The van der Waals surface area contributed by atoms with Crippen molar-refractivity contribution in [2.75, 3.05) is 5.32 Å². The molecule has 21 heavy (non-hydrogen) atoms. The Balaban J connectivity index is 2.24. The summed E-state index contributed by atoms with van der Waals surface area (Å²) in [5.41, 5.74) is 0.229. The first-order valence-corrected chi connectivity index (χ1v) is 6.95. The van der Waals surface area contributed by atoms with Gasteiger partial charge in [0.15, 0.2) is 0 Å². The summed E-state index contributed by atoms with van der Waals surface area (Å²) in [4.78, 5) is 0. The lowest BCUT2D eigenvalue weighted by Crippen LogP contribution is -2.10. The van der Waals surface area contributed by atoms with Crippen LogP contribution in [0.3, 0.4) is 0 Å². The third kappa shape index (κ3) is 3.97. The van der Waals surface area contributed by atoms with E-state index in [-0.39, 0.29) is 16.3 Å². The highest BCUT2D eigenvalue weighted by atomic mass is 79.9. The van der Waals surface area contributed by atoms with Crippen LogP contribution in [0.25, 0.3) is 0 Å². The summed E-state index contributed by atoms with van der Waals surface area (Å²) < 4.78 is 51.6. The van der Waals surface area contributed by atoms with Gasteiger partial charge in [0.05, 0.1) is 5.56 Å². The lowest BCUT2D eigenvalue weighted by atomic mass is 10.1. The number of rotatable bonds is 3. The van der Waals surface area contributed by atoms with Gasteiger partial charge in [-0.25, -0.2) is 4.39 Å². The first-order chi connectivity index (χ1) is 9.77. The summed E-state index contributed by atoms with van der Waals surface area (Å²) in [6.45, 7) is 1.75. The summed E-state index contributed by atoms with van der Waals surface area (Å²) >= 11 is 2.89. The predicted octanol–water partition coefficient (Wildman–Crippen LogP) is 5.78. The molecule has 2 aromatic carbocycles. The molecular weight excluding hydrogens is 350 g/mol. The molecule has 0 bridgehead atoms. The molecule has 1 nitrogen and oxygen atoms in total. The van der Waals surface area contributed by atoms with Crippen LogP contribution >= 0.6 is 15.9 Å². The van der Waals surface area contributed by atoms with E-state index >= 15 is 0 Å². The van der Waals surface area contributed by atoms with Gasteiger partial charge >= 0.3 is 6.18 Å². The smallest absolute Gasteiger partial charge is 0.379 e. The molecule has 0 fully saturated rings. The Morgan fingerprint density at radius 1 is 1.10 bits per heavy atom. The number of hydrogen-bond donors (Lipinski definition) is 1. The van der Waals surface area contributed by atoms with Crippen LogP contribution in [-0.2, 0) is 6.18 Å². The van der Waals surface area contributed by atoms with Gasteiger partial charge in [-0.2, -0.15) is 13.2 Å². The fourth-order valence-corrected chi connectivity index (χ4v) is 2.41. The molecule has 1 N–H and O–H groups in total. The van der Waals surface area contributed by atoms with Crippen LogP contribution < -0.4 is 5.32 Å². The molecule has 0 aromatic heterocycles. The van der Waals surface area contributed by atoms with Gasteiger partial charge in [-0.05, 0) is 42.8 Å². The highest BCUT2D eigenvalue weighted by molar-refractivity contribution is 9.10. The average Bonchev–Trinajstić information content (AvgIpc) is 2.39. The largest absolute Gasteiger partial charge is 0.417 e. The zero-order chi connectivity index (χ0) is 15.6. The minimum atomic E-state index is -4.43. The summed E-state index contributed by atoms with van der Waals surface area (Å²) in [5.74, 6) is -0.382.